The summed E-state index contributed by atoms with van der Waals surface area (Å²) in [6.07, 6.45) is 0.247. The van der Waals surface area contributed by atoms with E-state index in [2.05, 4.69) is 15.9 Å². The fourth-order valence-corrected chi connectivity index (χ4v) is 1.62. The largest absolute Gasteiger partial charge is 0.490 e. The van der Waals surface area contributed by atoms with Crippen LogP contribution in [-0.2, 0) is 4.79 Å². The van der Waals surface area contributed by atoms with Gasteiger partial charge < -0.3 is 9.84 Å². The minimum atomic E-state index is -0.853. The van der Waals surface area contributed by atoms with Gasteiger partial charge in [0.1, 0.15) is 11.6 Å². The van der Waals surface area contributed by atoms with Crippen molar-refractivity contribution in [1.29, 1.82) is 0 Å². The van der Waals surface area contributed by atoms with Crippen LogP contribution in [0.25, 0.3) is 0 Å². The highest BCUT2D eigenvalue weighted by molar-refractivity contribution is 9.10. The van der Waals surface area contributed by atoms with Crippen molar-refractivity contribution >= 4 is 21.9 Å². The lowest BCUT2D eigenvalue weighted by molar-refractivity contribution is -0.137. The van der Waals surface area contributed by atoms with E-state index >= 15 is 0 Å². The predicted octanol–water partition coefficient (Wildman–Crippen LogP) is 3.22. The summed E-state index contributed by atoms with van der Waals surface area (Å²) >= 11 is 3.17. The zero-order chi connectivity index (χ0) is 12.1. The van der Waals surface area contributed by atoms with Crippen LogP contribution >= 0.6 is 15.9 Å². The summed E-state index contributed by atoms with van der Waals surface area (Å²) in [6, 6.07) is 4.11. The van der Waals surface area contributed by atoms with E-state index < -0.39 is 5.97 Å². The van der Waals surface area contributed by atoms with Gasteiger partial charge in [0, 0.05) is 6.42 Å². The molecule has 0 radical (unpaired) electrons. The Morgan fingerprint density at radius 1 is 1.62 bits per heavy atom. The first-order valence-electron chi connectivity index (χ1n) is 4.82. The molecule has 0 bridgehead atoms. The molecule has 0 aliphatic carbocycles. The van der Waals surface area contributed by atoms with E-state index in [0.29, 0.717) is 16.6 Å². The zero-order valence-electron chi connectivity index (χ0n) is 8.74. The number of carboxylic acids is 1. The first-order chi connectivity index (χ1) is 7.49. The summed E-state index contributed by atoms with van der Waals surface area (Å²) in [7, 11) is 0. The Balaban J connectivity index is 2.55. The number of hydrogen-bond acceptors (Lipinski definition) is 2. The Hall–Kier alpha value is -1.10. The van der Waals surface area contributed by atoms with E-state index in [1.807, 2.05) is 0 Å². The Morgan fingerprint density at radius 2 is 2.31 bits per heavy atom. The molecule has 1 N–H and O–H groups in total. The SMILES string of the molecule is CC(CCC(=O)O)Oc1ccc(F)cc1Br. The quantitative estimate of drug-likeness (QED) is 0.906. The zero-order valence-corrected chi connectivity index (χ0v) is 10.3. The molecule has 1 aromatic carbocycles. The average molecular weight is 291 g/mol. The maximum absolute atomic E-state index is 12.8. The molecule has 0 saturated carbocycles. The molecule has 0 aliphatic rings. The van der Waals surface area contributed by atoms with Gasteiger partial charge in [-0.25, -0.2) is 4.39 Å². The van der Waals surface area contributed by atoms with Gasteiger partial charge in [-0.2, -0.15) is 0 Å². The number of carboxylic acid groups (broad SMARTS) is 1. The number of benzene rings is 1. The summed E-state index contributed by atoms with van der Waals surface area (Å²) in [5.74, 6) is -0.690. The first kappa shape index (κ1) is 13.0. The predicted molar refractivity (Wildman–Crippen MR) is 61.1 cm³/mol. The van der Waals surface area contributed by atoms with Gasteiger partial charge in [-0.05, 0) is 47.5 Å². The highest BCUT2D eigenvalue weighted by atomic mass is 79.9. The minimum Gasteiger partial charge on any atom is -0.490 e. The number of carbonyl (C=O) groups is 1. The fourth-order valence-electron chi connectivity index (χ4n) is 1.17. The topological polar surface area (TPSA) is 46.5 Å². The van der Waals surface area contributed by atoms with Crippen LogP contribution in [-0.4, -0.2) is 17.2 Å². The van der Waals surface area contributed by atoms with E-state index in [1.54, 1.807) is 6.92 Å². The van der Waals surface area contributed by atoms with E-state index in [4.69, 9.17) is 9.84 Å². The van der Waals surface area contributed by atoms with Gasteiger partial charge in [-0.1, -0.05) is 0 Å². The second-order valence-electron chi connectivity index (χ2n) is 3.44. The van der Waals surface area contributed by atoms with Crippen molar-refractivity contribution in [1.82, 2.24) is 0 Å². The molecule has 0 aliphatic heterocycles. The molecular formula is C11H12BrFO3. The molecule has 5 heteroatoms. The molecule has 0 aromatic heterocycles. The van der Waals surface area contributed by atoms with E-state index in [1.165, 1.54) is 18.2 Å². The lowest BCUT2D eigenvalue weighted by Gasteiger charge is -2.14. The Bertz CT molecular complexity index is 381. The van der Waals surface area contributed by atoms with Crippen LogP contribution in [0.4, 0.5) is 4.39 Å². The fraction of sp³-hybridized carbons (Fsp3) is 0.364. The maximum Gasteiger partial charge on any atom is 0.303 e. The molecule has 1 aromatic rings. The number of hydrogen-bond donors (Lipinski definition) is 1. The van der Waals surface area contributed by atoms with Crippen molar-refractivity contribution in [3.05, 3.63) is 28.5 Å². The normalized spacial score (nSPS) is 12.2. The molecule has 0 heterocycles. The number of rotatable bonds is 5. The summed E-state index contributed by atoms with van der Waals surface area (Å²) < 4.78 is 18.8. The van der Waals surface area contributed by atoms with E-state index in [9.17, 15) is 9.18 Å². The first-order valence-corrected chi connectivity index (χ1v) is 5.62. The number of ether oxygens (including phenoxy) is 1. The van der Waals surface area contributed by atoms with Gasteiger partial charge in [-0.3, -0.25) is 4.79 Å². The van der Waals surface area contributed by atoms with Crippen molar-refractivity contribution in [3.63, 3.8) is 0 Å². The van der Waals surface area contributed by atoms with Crippen molar-refractivity contribution < 1.29 is 19.0 Å². The molecule has 1 atom stereocenters. The third-order valence-electron chi connectivity index (χ3n) is 1.99. The molecule has 88 valence electrons. The summed E-state index contributed by atoms with van der Waals surface area (Å²) in [6.45, 7) is 1.78. The summed E-state index contributed by atoms with van der Waals surface area (Å²) in [5.41, 5.74) is 0. The molecule has 3 nitrogen and oxygen atoms in total. The molecular weight excluding hydrogens is 279 g/mol. The molecule has 0 amide bonds. The number of halogens is 2. The van der Waals surface area contributed by atoms with Gasteiger partial charge in [0.2, 0.25) is 0 Å². The molecule has 1 unspecified atom stereocenters. The van der Waals surface area contributed by atoms with Crippen LogP contribution in [0.5, 0.6) is 5.75 Å². The minimum absolute atomic E-state index is 0.0555. The number of aliphatic carboxylic acids is 1. The highest BCUT2D eigenvalue weighted by Gasteiger charge is 2.09. The Morgan fingerprint density at radius 3 is 2.88 bits per heavy atom. The molecule has 0 saturated heterocycles. The van der Waals surface area contributed by atoms with Crippen LogP contribution in [0.15, 0.2) is 22.7 Å². The highest BCUT2D eigenvalue weighted by Crippen LogP contribution is 2.26. The van der Waals surface area contributed by atoms with Gasteiger partial charge >= 0.3 is 5.97 Å². The molecule has 16 heavy (non-hydrogen) atoms. The third-order valence-corrected chi connectivity index (χ3v) is 2.61. The van der Waals surface area contributed by atoms with Gasteiger partial charge in [0.05, 0.1) is 10.6 Å². The summed E-state index contributed by atoms with van der Waals surface area (Å²) in [5, 5.41) is 8.51. The van der Waals surface area contributed by atoms with E-state index in [0.717, 1.165) is 0 Å². The van der Waals surface area contributed by atoms with Crippen LogP contribution in [0.2, 0.25) is 0 Å². The average Bonchev–Trinajstić information content (AvgIpc) is 2.19. The molecule has 0 fully saturated rings. The van der Waals surface area contributed by atoms with Crippen LogP contribution in [0, 0.1) is 5.82 Å². The monoisotopic (exact) mass is 290 g/mol. The lowest BCUT2D eigenvalue weighted by atomic mass is 10.2. The maximum atomic E-state index is 12.8. The Kier molecular flexibility index (Phi) is 4.73. The van der Waals surface area contributed by atoms with Crippen LogP contribution in [0.1, 0.15) is 19.8 Å². The second-order valence-corrected chi connectivity index (χ2v) is 4.29. The standard InChI is InChI=1S/C11H12BrFO3/c1-7(2-5-11(14)15)16-10-4-3-8(13)6-9(10)12/h3-4,6-7H,2,5H2,1H3,(H,14,15). The lowest BCUT2D eigenvalue weighted by Crippen LogP contribution is -2.14. The van der Waals surface area contributed by atoms with Crippen molar-refractivity contribution in [2.45, 2.75) is 25.9 Å². The van der Waals surface area contributed by atoms with Crippen molar-refractivity contribution in [2.75, 3.05) is 0 Å². The van der Waals surface area contributed by atoms with Gasteiger partial charge in [-0.15, -0.1) is 0 Å². The smallest absolute Gasteiger partial charge is 0.303 e. The van der Waals surface area contributed by atoms with Gasteiger partial charge in [0.15, 0.2) is 0 Å². The van der Waals surface area contributed by atoms with Gasteiger partial charge in [0.25, 0.3) is 0 Å². The molecule has 1 rings (SSSR count). The van der Waals surface area contributed by atoms with Crippen LogP contribution < -0.4 is 4.74 Å². The third kappa shape index (κ3) is 4.18. The van der Waals surface area contributed by atoms with E-state index in [-0.39, 0.29) is 18.3 Å². The second kappa shape index (κ2) is 5.84. The Labute approximate surface area is 101 Å². The molecule has 0 spiro atoms. The van der Waals surface area contributed by atoms with Crippen molar-refractivity contribution in [2.24, 2.45) is 0 Å². The van der Waals surface area contributed by atoms with Crippen molar-refractivity contribution in [3.8, 4) is 5.75 Å². The summed E-state index contributed by atoms with van der Waals surface area (Å²) in [4.78, 5) is 10.4. The van der Waals surface area contributed by atoms with Crippen LogP contribution in [0.3, 0.4) is 0 Å².